The summed E-state index contributed by atoms with van der Waals surface area (Å²) in [6.07, 6.45) is 0.142. The van der Waals surface area contributed by atoms with E-state index in [1.165, 1.54) is 11.3 Å². The fourth-order valence-electron chi connectivity index (χ4n) is 3.84. The van der Waals surface area contributed by atoms with E-state index in [4.69, 9.17) is 18.9 Å². The molecule has 0 atom stereocenters. The van der Waals surface area contributed by atoms with Crippen LogP contribution in [0.5, 0.6) is 23.0 Å². The molecule has 36 heavy (non-hydrogen) atoms. The van der Waals surface area contributed by atoms with Crippen molar-refractivity contribution in [3.63, 3.8) is 0 Å². The van der Waals surface area contributed by atoms with Gasteiger partial charge in [0.1, 0.15) is 24.7 Å². The molecule has 1 aromatic heterocycles. The van der Waals surface area contributed by atoms with Crippen molar-refractivity contribution >= 4 is 33.4 Å². The maximum atomic E-state index is 13.4. The summed E-state index contributed by atoms with van der Waals surface area (Å²) in [5.74, 6) is 1.53. The Morgan fingerprint density at radius 1 is 1.00 bits per heavy atom. The summed E-state index contributed by atoms with van der Waals surface area (Å²) in [5.41, 5.74) is 1.13. The van der Waals surface area contributed by atoms with E-state index in [0.29, 0.717) is 59.7 Å². The van der Waals surface area contributed by atoms with E-state index in [-0.39, 0.29) is 12.4 Å². The second-order valence-corrected chi connectivity index (χ2v) is 8.89. The molecule has 0 spiro atoms. The summed E-state index contributed by atoms with van der Waals surface area (Å²) < 4.78 is 25.2. The Labute approximate surface area is 211 Å². The second kappa shape index (κ2) is 10.7. The van der Waals surface area contributed by atoms with Crippen molar-refractivity contribution in [1.82, 2.24) is 4.57 Å². The van der Waals surface area contributed by atoms with Crippen LogP contribution in [0.25, 0.3) is 10.2 Å². The van der Waals surface area contributed by atoms with E-state index in [1.54, 1.807) is 31.2 Å². The van der Waals surface area contributed by atoms with Gasteiger partial charge in [-0.1, -0.05) is 41.7 Å². The Morgan fingerprint density at radius 2 is 1.72 bits per heavy atom. The van der Waals surface area contributed by atoms with Crippen molar-refractivity contribution in [2.75, 3.05) is 19.8 Å². The highest BCUT2D eigenvalue weighted by Gasteiger charge is 2.19. The molecule has 0 bridgehead atoms. The number of fused-ring (bicyclic) bond motifs is 2. The smallest absolute Gasteiger partial charge is 0.307 e. The first-order valence-electron chi connectivity index (χ1n) is 11.6. The van der Waals surface area contributed by atoms with E-state index in [1.807, 2.05) is 47.0 Å². The first-order chi connectivity index (χ1) is 17.6. The number of hydrogen-bond donors (Lipinski definition) is 0. The molecule has 9 heteroatoms. The van der Waals surface area contributed by atoms with Crippen molar-refractivity contribution in [3.8, 4) is 23.0 Å². The van der Waals surface area contributed by atoms with Crippen LogP contribution in [0.15, 0.2) is 71.7 Å². The van der Waals surface area contributed by atoms with Crippen LogP contribution in [0.3, 0.4) is 0 Å². The number of rotatable bonds is 7. The standard InChI is InChI=1S/C27H24N2O6S/c1-2-32-25(30)12-13-29-20-16-22-23(34-15-14-33-22)17-24(20)36-27(29)28-26(31)19-10-6-7-11-21(19)35-18-8-4-3-5-9-18/h3-11,16-17H,2,12-15H2,1H3. The summed E-state index contributed by atoms with van der Waals surface area (Å²) in [6.45, 7) is 3.30. The lowest BCUT2D eigenvalue weighted by Gasteiger charge is -2.18. The fraction of sp³-hybridized carbons (Fsp3) is 0.222. The molecule has 0 saturated carbocycles. The van der Waals surface area contributed by atoms with Crippen LogP contribution in [-0.4, -0.2) is 36.3 Å². The van der Waals surface area contributed by atoms with Crippen LogP contribution >= 0.6 is 11.3 Å². The van der Waals surface area contributed by atoms with Gasteiger partial charge >= 0.3 is 5.97 Å². The number of aryl methyl sites for hydroxylation is 1. The van der Waals surface area contributed by atoms with Gasteiger partial charge in [-0.2, -0.15) is 4.99 Å². The highest BCUT2D eigenvalue weighted by molar-refractivity contribution is 7.16. The van der Waals surface area contributed by atoms with Gasteiger partial charge in [-0.15, -0.1) is 0 Å². The van der Waals surface area contributed by atoms with E-state index in [2.05, 4.69) is 4.99 Å². The van der Waals surface area contributed by atoms with Crippen molar-refractivity contribution < 1.29 is 28.5 Å². The number of para-hydroxylation sites is 2. The van der Waals surface area contributed by atoms with E-state index in [9.17, 15) is 9.59 Å². The molecule has 0 fully saturated rings. The molecule has 8 nitrogen and oxygen atoms in total. The average molecular weight is 505 g/mol. The molecule has 2 heterocycles. The van der Waals surface area contributed by atoms with Gasteiger partial charge in [0.25, 0.3) is 5.91 Å². The molecule has 1 amide bonds. The summed E-state index contributed by atoms with van der Waals surface area (Å²) in [7, 11) is 0. The first kappa shape index (κ1) is 23.6. The van der Waals surface area contributed by atoms with E-state index < -0.39 is 5.91 Å². The zero-order valence-electron chi connectivity index (χ0n) is 19.6. The molecule has 0 N–H and O–H groups in total. The molecule has 0 aliphatic carbocycles. The Balaban J connectivity index is 1.55. The van der Waals surface area contributed by atoms with Crippen molar-refractivity contribution in [1.29, 1.82) is 0 Å². The monoisotopic (exact) mass is 504 g/mol. The highest BCUT2D eigenvalue weighted by Crippen LogP contribution is 2.35. The number of nitrogens with zero attached hydrogens (tertiary/aromatic N) is 2. The van der Waals surface area contributed by atoms with Crippen molar-refractivity contribution in [3.05, 3.63) is 77.1 Å². The van der Waals surface area contributed by atoms with Crippen molar-refractivity contribution in [2.45, 2.75) is 19.9 Å². The topological polar surface area (TPSA) is 88.4 Å². The predicted molar refractivity (Wildman–Crippen MR) is 135 cm³/mol. The lowest BCUT2D eigenvalue weighted by atomic mass is 10.2. The zero-order chi connectivity index (χ0) is 24.9. The van der Waals surface area contributed by atoms with Gasteiger partial charge in [-0.3, -0.25) is 9.59 Å². The Morgan fingerprint density at radius 3 is 2.50 bits per heavy atom. The molecule has 5 rings (SSSR count). The Bertz CT molecular complexity index is 1470. The number of amides is 1. The van der Waals surface area contributed by atoms with Crippen LogP contribution < -0.4 is 19.0 Å². The largest absolute Gasteiger partial charge is 0.486 e. The quantitative estimate of drug-likeness (QED) is 0.331. The van der Waals surface area contributed by atoms with Gasteiger partial charge in [0.2, 0.25) is 0 Å². The minimum absolute atomic E-state index is 0.142. The number of hydrogen-bond acceptors (Lipinski definition) is 7. The third-order valence-corrected chi connectivity index (χ3v) is 6.52. The Hall–Kier alpha value is -4.11. The molecule has 184 valence electrons. The fourth-order valence-corrected chi connectivity index (χ4v) is 4.90. The molecular formula is C27H24N2O6S. The maximum absolute atomic E-state index is 13.4. The van der Waals surface area contributed by atoms with Gasteiger partial charge < -0.3 is 23.5 Å². The summed E-state index contributed by atoms with van der Waals surface area (Å²) in [5, 5.41) is 0. The van der Waals surface area contributed by atoms with Crippen LogP contribution in [-0.2, 0) is 16.1 Å². The van der Waals surface area contributed by atoms with Crippen molar-refractivity contribution in [2.24, 2.45) is 4.99 Å². The maximum Gasteiger partial charge on any atom is 0.307 e. The average Bonchev–Trinajstić information content (AvgIpc) is 3.22. The van der Waals surface area contributed by atoms with Crippen LogP contribution in [0.2, 0.25) is 0 Å². The number of esters is 1. The third kappa shape index (κ3) is 5.11. The van der Waals surface area contributed by atoms with E-state index in [0.717, 1.165) is 10.2 Å². The molecule has 0 unspecified atom stereocenters. The molecule has 0 radical (unpaired) electrons. The molecule has 0 saturated heterocycles. The zero-order valence-corrected chi connectivity index (χ0v) is 20.5. The number of ether oxygens (including phenoxy) is 4. The van der Waals surface area contributed by atoms with Crippen LogP contribution in [0, 0.1) is 0 Å². The van der Waals surface area contributed by atoms with Gasteiger partial charge in [-0.25, -0.2) is 0 Å². The van der Waals surface area contributed by atoms with Gasteiger partial charge in [-0.05, 0) is 31.2 Å². The SMILES string of the molecule is CCOC(=O)CCn1c(=NC(=O)c2ccccc2Oc2ccccc2)sc2cc3c(cc21)OCCO3. The lowest BCUT2D eigenvalue weighted by Crippen LogP contribution is -2.20. The molecule has 4 aromatic rings. The number of carbonyl (C=O) groups is 2. The molecule has 3 aromatic carbocycles. The third-order valence-electron chi connectivity index (χ3n) is 5.48. The number of thiazole rings is 1. The predicted octanol–water partition coefficient (Wildman–Crippen LogP) is 4.96. The highest BCUT2D eigenvalue weighted by atomic mass is 32.1. The lowest BCUT2D eigenvalue weighted by molar-refractivity contribution is -0.143. The molecule has 1 aliphatic heterocycles. The molecule has 1 aliphatic rings. The minimum Gasteiger partial charge on any atom is -0.486 e. The van der Waals surface area contributed by atoms with Gasteiger partial charge in [0.15, 0.2) is 16.3 Å². The first-order valence-corrected chi connectivity index (χ1v) is 12.4. The second-order valence-electron chi connectivity index (χ2n) is 7.88. The van der Waals surface area contributed by atoms with E-state index >= 15 is 0 Å². The molecular weight excluding hydrogens is 480 g/mol. The van der Waals surface area contributed by atoms with Gasteiger partial charge in [0.05, 0.1) is 28.8 Å². The van der Waals surface area contributed by atoms with Gasteiger partial charge in [0, 0.05) is 18.7 Å². The normalized spacial score (nSPS) is 13.0. The summed E-state index contributed by atoms with van der Waals surface area (Å²) >= 11 is 1.34. The number of carbonyl (C=O) groups excluding carboxylic acids is 2. The van der Waals surface area contributed by atoms with Crippen LogP contribution in [0.1, 0.15) is 23.7 Å². The summed E-state index contributed by atoms with van der Waals surface area (Å²) in [4.78, 5) is 30.3. The number of benzene rings is 3. The number of aromatic nitrogens is 1. The van der Waals surface area contributed by atoms with Crippen LogP contribution in [0.4, 0.5) is 0 Å². The summed E-state index contributed by atoms with van der Waals surface area (Å²) in [6, 6.07) is 20.0. The minimum atomic E-state index is -0.449. The Kier molecular flexibility index (Phi) is 6.99.